The molecule has 0 aliphatic heterocycles. The van der Waals surface area contributed by atoms with Gasteiger partial charge in [-0.05, 0) is 49.9 Å². The summed E-state index contributed by atoms with van der Waals surface area (Å²) in [5.74, 6) is 0.938. The van der Waals surface area contributed by atoms with E-state index in [-0.39, 0.29) is 10.3 Å². The Hall–Kier alpha value is -1.26. The quantitative estimate of drug-likeness (QED) is 0.333. The molecule has 0 aromatic carbocycles. The van der Waals surface area contributed by atoms with Crippen molar-refractivity contribution in [2.24, 2.45) is 22.4 Å². The number of nitro groups is 1. The largest absolute Gasteiger partial charge is 0.264 e. The van der Waals surface area contributed by atoms with E-state index in [1.807, 2.05) is 0 Å². The maximum atomic E-state index is 11.3. The Bertz CT molecular complexity index is 446. The van der Waals surface area contributed by atoms with Gasteiger partial charge in [-0.15, -0.1) is 4.91 Å². The average Bonchev–Trinajstić information content (AvgIpc) is 2.39. The summed E-state index contributed by atoms with van der Waals surface area (Å²) in [7, 11) is 0. The molecule has 2 fully saturated rings. The van der Waals surface area contributed by atoms with Crippen molar-refractivity contribution in [3.63, 3.8) is 0 Å². The first kappa shape index (κ1) is 15.1. The van der Waals surface area contributed by atoms with Gasteiger partial charge in [-0.25, -0.2) is 0 Å². The van der Waals surface area contributed by atoms with Crippen molar-refractivity contribution in [3.05, 3.63) is 27.2 Å². The van der Waals surface area contributed by atoms with Gasteiger partial charge in [0.05, 0.1) is 0 Å². The molecule has 0 aromatic heterocycles. The van der Waals surface area contributed by atoms with Crippen LogP contribution in [0.15, 0.2) is 17.3 Å². The molecule has 0 spiro atoms. The molecule has 20 heavy (non-hydrogen) atoms. The van der Waals surface area contributed by atoms with Crippen molar-refractivity contribution in [1.29, 1.82) is 0 Å². The SMILES string of the molecule is C=C1CC[C@@H]([N+](=O)[O-])[C@](C)(N=O)CC[C@@H]2[C@H]1CC2(C)C. The molecule has 0 bridgehead atoms. The van der Waals surface area contributed by atoms with E-state index in [4.69, 9.17) is 0 Å². The number of nitroso groups, excluding NO2 is 1. The number of rotatable bonds is 2. The summed E-state index contributed by atoms with van der Waals surface area (Å²) >= 11 is 0. The minimum atomic E-state index is -1.09. The van der Waals surface area contributed by atoms with Gasteiger partial charge in [-0.1, -0.05) is 31.2 Å². The molecule has 2 aliphatic rings. The van der Waals surface area contributed by atoms with Crippen LogP contribution in [0.5, 0.6) is 0 Å². The van der Waals surface area contributed by atoms with Gasteiger partial charge in [-0.3, -0.25) is 10.1 Å². The first-order valence-electron chi connectivity index (χ1n) is 7.37. The van der Waals surface area contributed by atoms with Gasteiger partial charge < -0.3 is 0 Å². The summed E-state index contributed by atoms with van der Waals surface area (Å²) in [6, 6.07) is -0.891. The Kier molecular flexibility index (Phi) is 3.73. The summed E-state index contributed by atoms with van der Waals surface area (Å²) in [5.41, 5.74) is 0.271. The highest BCUT2D eigenvalue weighted by molar-refractivity contribution is 5.15. The maximum absolute atomic E-state index is 11.3. The molecule has 4 atom stereocenters. The fourth-order valence-electron chi connectivity index (χ4n) is 4.14. The zero-order valence-corrected chi connectivity index (χ0v) is 12.6. The Morgan fingerprint density at radius 1 is 1.35 bits per heavy atom. The topological polar surface area (TPSA) is 72.6 Å². The van der Waals surface area contributed by atoms with Crippen LogP contribution in [-0.4, -0.2) is 16.5 Å². The van der Waals surface area contributed by atoms with E-state index in [0.717, 1.165) is 18.4 Å². The lowest BCUT2D eigenvalue weighted by Crippen LogP contribution is -2.46. The monoisotopic (exact) mass is 280 g/mol. The summed E-state index contributed by atoms with van der Waals surface area (Å²) in [6.07, 6.45) is 3.43. The first-order chi connectivity index (χ1) is 9.21. The van der Waals surface area contributed by atoms with Crippen molar-refractivity contribution >= 4 is 0 Å². The molecule has 0 heterocycles. The van der Waals surface area contributed by atoms with E-state index in [1.54, 1.807) is 6.92 Å². The molecule has 112 valence electrons. The number of allylic oxidation sites excluding steroid dienone is 1. The second-order valence-electron chi connectivity index (χ2n) is 7.39. The number of hydrogen-bond donors (Lipinski definition) is 0. The van der Waals surface area contributed by atoms with E-state index >= 15 is 0 Å². The van der Waals surface area contributed by atoms with E-state index in [0.29, 0.717) is 31.1 Å². The predicted molar refractivity (Wildman–Crippen MR) is 78.0 cm³/mol. The fraction of sp³-hybridized carbons (Fsp3) is 0.867. The van der Waals surface area contributed by atoms with E-state index < -0.39 is 11.6 Å². The van der Waals surface area contributed by atoms with Crippen molar-refractivity contribution < 1.29 is 4.92 Å². The number of fused-ring (bicyclic) bond motifs is 1. The van der Waals surface area contributed by atoms with Crippen molar-refractivity contribution in [3.8, 4) is 0 Å². The molecular weight excluding hydrogens is 256 g/mol. The number of hydrogen-bond acceptors (Lipinski definition) is 4. The van der Waals surface area contributed by atoms with Crippen LogP contribution in [0.2, 0.25) is 0 Å². The normalized spacial score (nSPS) is 40.5. The van der Waals surface area contributed by atoms with Gasteiger partial charge in [0.25, 0.3) is 0 Å². The lowest BCUT2D eigenvalue weighted by molar-refractivity contribution is -0.534. The molecule has 0 N–H and O–H groups in total. The standard InChI is InChI=1S/C15H24N2O3/c1-10-5-6-13(17(19)20)15(4,16-18)8-7-12-11(10)9-14(12,2)3/h11-13H,1,5-9H2,2-4H3/t11-,12+,13+,15+/m0/s1. The highest BCUT2D eigenvalue weighted by Crippen LogP contribution is 2.57. The van der Waals surface area contributed by atoms with Gasteiger partial charge >= 0.3 is 0 Å². The van der Waals surface area contributed by atoms with Crippen LogP contribution in [0, 0.1) is 32.3 Å². The molecule has 2 aliphatic carbocycles. The summed E-state index contributed by atoms with van der Waals surface area (Å²) < 4.78 is 0. The molecule has 0 radical (unpaired) electrons. The Morgan fingerprint density at radius 3 is 2.50 bits per heavy atom. The lowest BCUT2D eigenvalue weighted by atomic mass is 9.52. The average molecular weight is 280 g/mol. The molecule has 0 amide bonds. The van der Waals surface area contributed by atoms with E-state index in [1.165, 1.54) is 0 Å². The zero-order valence-electron chi connectivity index (χ0n) is 12.6. The number of nitrogens with zero attached hydrogens (tertiary/aromatic N) is 2. The summed E-state index contributed by atoms with van der Waals surface area (Å²) in [4.78, 5) is 22.2. The second-order valence-corrected chi connectivity index (χ2v) is 7.39. The minimum absolute atomic E-state index is 0.242. The van der Waals surface area contributed by atoms with Crippen molar-refractivity contribution in [2.75, 3.05) is 0 Å². The fourth-order valence-corrected chi connectivity index (χ4v) is 4.14. The Balaban J connectivity index is 2.27. The van der Waals surface area contributed by atoms with Crippen LogP contribution >= 0.6 is 0 Å². The molecule has 0 aromatic rings. The third-order valence-electron chi connectivity index (χ3n) is 5.64. The second kappa shape index (κ2) is 4.93. The smallest absolute Gasteiger partial charge is 0.241 e. The van der Waals surface area contributed by atoms with Gasteiger partial charge in [-0.2, -0.15) is 0 Å². The van der Waals surface area contributed by atoms with E-state index in [2.05, 4.69) is 25.6 Å². The van der Waals surface area contributed by atoms with Crippen LogP contribution in [0.4, 0.5) is 0 Å². The van der Waals surface area contributed by atoms with Crippen LogP contribution < -0.4 is 0 Å². The highest BCUT2D eigenvalue weighted by Gasteiger charge is 2.52. The van der Waals surface area contributed by atoms with Gasteiger partial charge in [0.1, 0.15) is 0 Å². The van der Waals surface area contributed by atoms with Crippen LogP contribution in [0.3, 0.4) is 0 Å². The molecule has 0 unspecified atom stereocenters. The van der Waals surface area contributed by atoms with Gasteiger partial charge in [0.15, 0.2) is 5.54 Å². The zero-order chi connectivity index (χ0) is 15.1. The third-order valence-corrected chi connectivity index (χ3v) is 5.64. The maximum Gasteiger partial charge on any atom is 0.241 e. The van der Waals surface area contributed by atoms with Crippen LogP contribution in [0.25, 0.3) is 0 Å². The molecule has 2 saturated carbocycles. The Morgan fingerprint density at radius 2 is 2.00 bits per heavy atom. The predicted octanol–water partition coefficient (Wildman–Crippen LogP) is 3.95. The van der Waals surface area contributed by atoms with Gasteiger partial charge in [0.2, 0.25) is 6.04 Å². The van der Waals surface area contributed by atoms with Crippen LogP contribution in [-0.2, 0) is 0 Å². The molecule has 5 nitrogen and oxygen atoms in total. The third kappa shape index (κ3) is 2.38. The van der Waals surface area contributed by atoms with Crippen molar-refractivity contribution in [2.45, 2.75) is 64.5 Å². The highest BCUT2D eigenvalue weighted by atomic mass is 16.6. The summed E-state index contributed by atoms with van der Waals surface area (Å²) in [6.45, 7) is 10.2. The Labute approximate surface area is 119 Å². The van der Waals surface area contributed by atoms with Crippen molar-refractivity contribution in [1.82, 2.24) is 0 Å². The molecule has 2 rings (SSSR count). The van der Waals surface area contributed by atoms with Crippen LogP contribution in [0.1, 0.15) is 52.9 Å². The molecular formula is C15H24N2O3. The van der Waals surface area contributed by atoms with Gasteiger partial charge in [0, 0.05) is 11.3 Å². The summed E-state index contributed by atoms with van der Waals surface area (Å²) in [5, 5.41) is 14.5. The van der Waals surface area contributed by atoms with E-state index in [9.17, 15) is 15.0 Å². The first-order valence-corrected chi connectivity index (χ1v) is 7.37. The lowest BCUT2D eigenvalue weighted by Gasteiger charge is -2.53. The molecule has 0 saturated heterocycles. The minimum Gasteiger partial charge on any atom is -0.264 e. The molecule has 5 heteroatoms.